The van der Waals surface area contributed by atoms with Gasteiger partial charge in [-0.15, -0.1) is 11.3 Å². The maximum atomic E-state index is 6.21. The number of thiophene rings is 1. The molecule has 5 N–H and O–H groups in total. The van der Waals surface area contributed by atoms with Gasteiger partial charge in [-0.25, -0.2) is 0 Å². The highest BCUT2D eigenvalue weighted by atomic mass is 32.1. The number of hydrogen-bond acceptors (Lipinski definition) is 5. The van der Waals surface area contributed by atoms with Gasteiger partial charge in [0.15, 0.2) is 0 Å². The first-order valence-corrected chi connectivity index (χ1v) is 7.75. The monoisotopic (exact) mass is 303 g/mol. The largest absolute Gasteiger partial charge is 0.484 e. The molecule has 4 nitrogen and oxygen atoms in total. The van der Waals surface area contributed by atoms with Gasteiger partial charge in [-0.1, -0.05) is 18.2 Å². The first-order chi connectivity index (χ1) is 10.3. The first kappa shape index (κ1) is 15.4. The molecule has 1 aromatic heterocycles. The van der Waals surface area contributed by atoms with Gasteiger partial charge in [0.05, 0.1) is 0 Å². The van der Waals surface area contributed by atoms with Crippen LogP contribution in [-0.2, 0) is 0 Å². The van der Waals surface area contributed by atoms with Gasteiger partial charge in [-0.05, 0) is 31.1 Å². The molecule has 0 bridgehead atoms. The van der Waals surface area contributed by atoms with Crippen molar-refractivity contribution in [1.29, 1.82) is 0 Å². The third-order valence-corrected chi connectivity index (χ3v) is 4.20. The zero-order valence-corrected chi connectivity index (χ0v) is 12.9. The van der Waals surface area contributed by atoms with Crippen molar-refractivity contribution in [1.82, 2.24) is 5.32 Å². The molecule has 0 saturated heterocycles. The van der Waals surface area contributed by atoms with E-state index in [1.165, 1.54) is 11.1 Å². The van der Waals surface area contributed by atoms with Gasteiger partial charge in [-0.2, -0.15) is 0 Å². The number of benzene rings is 1. The molecule has 2 aromatic rings. The van der Waals surface area contributed by atoms with E-state index in [2.05, 4.69) is 16.8 Å². The van der Waals surface area contributed by atoms with Crippen molar-refractivity contribution in [3.8, 4) is 5.75 Å². The second kappa shape index (κ2) is 7.71. The average Bonchev–Trinajstić information content (AvgIpc) is 3.05. The van der Waals surface area contributed by atoms with E-state index in [-0.39, 0.29) is 6.10 Å². The normalized spacial score (nSPS) is 14.3. The lowest BCUT2D eigenvalue weighted by molar-refractivity contribution is 0.197. The molecule has 0 aliphatic heterocycles. The van der Waals surface area contributed by atoms with Crippen LogP contribution in [0.4, 0.5) is 0 Å². The molecule has 21 heavy (non-hydrogen) atoms. The van der Waals surface area contributed by atoms with E-state index in [0.29, 0.717) is 0 Å². The molecule has 0 radical (unpaired) electrons. The fourth-order valence-electron chi connectivity index (χ4n) is 2.15. The van der Waals surface area contributed by atoms with Crippen molar-refractivity contribution in [3.05, 3.63) is 51.0 Å². The molecule has 0 aliphatic rings. The Labute approximate surface area is 128 Å². The molecule has 1 aromatic carbocycles. The highest BCUT2D eigenvalue weighted by molar-refractivity contribution is 7.10. The standard InChI is InChI=1S/C16H21N3OS/c1-19-8-7-15(16-6-3-9-21-16)20-14-5-2-4-12(10-17)13(14)11-18/h2-6,9-11,15,19H,7-8,17-18H2,1H3/b12-10-,13-11+. The van der Waals surface area contributed by atoms with Gasteiger partial charge >= 0.3 is 0 Å². The minimum absolute atomic E-state index is 0.00387. The molecule has 0 amide bonds. The zero-order chi connectivity index (χ0) is 15.1. The van der Waals surface area contributed by atoms with Gasteiger partial charge < -0.3 is 21.5 Å². The Balaban J connectivity index is 2.33. The molecule has 5 heteroatoms. The predicted molar refractivity (Wildman–Crippen MR) is 89.2 cm³/mol. The topological polar surface area (TPSA) is 73.3 Å². The van der Waals surface area contributed by atoms with Crippen LogP contribution in [0.15, 0.2) is 35.7 Å². The van der Waals surface area contributed by atoms with E-state index in [1.54, 1.807) is 17.5 Å². The van der Waals surface area contributed by atoms with Crippen LogP contribution < -0.4 is 32.0 Å². The molecular weight excluding hydrogens is 282 g/mol. The predicted octanol–water partition coefficient (Wildman–Crippen LogP) is 0.871. The van der Waals surface area contributed by atoms with Gasteiger partial charge in [0.1, 0.15) is 11.9 Å². The second-order valence-electron chi connectivity index (χ2n) is 4.61. The maximum Gasteiger partial charge on any atom is 0.134 e. The summed E-state index contributed by atoms with van der Waals surface area (Å²) in [5.74, 6) is 0.756. The van der Waals surface area contributed by atoms with Crippen molar-refractivity contribution in [3.63, 3.8) is 0 Å². The van der Waals surface area contributed by atoms with Crippen LogP contribution in [0.25, 0.3) is 12.4 Å². The molecule has 2 rings (SSSR count). The average molecular weight is 303 g/mol. The SMILES string of the molecule is CNCCC(Oc1cccc(=C/N)/c1=C\N)c1cccs1. The summed E-state index contributed by atoms with van der Waals surface area (Å²) in [7, 11) is 1.94. The summed E-state index contributed by atoms with van der Waals surface area (Å²) < 4.78 is 6.21. The fourth-order valence-corrected chi connectivity index (χ4v) is 2.94. The van der Waals surface area contributed by atoms with Crippen molar-refractivity contribution in [2.75, 3.05) is 13.6 Å². The van der Waals surface area contributed by atoms with Crippen LogP contribution in [0.2, 0.25) is 0 Å². The molecular formula is C16H21N3OS. The molecule has 1 heterocycles. The molecule has 0 fully saturated rings. The number of rotatable bonds is 6. The van der Waals surface area contributed by atoms with E-state index < -0.39 is 0 Å². The zero-order valence-electron chi connectivity index (χ0n) is 12.1. The van der Waals surface area contributed by atoms with E-state index in [0.717, 1.165) is 29.2 Å². The minimum Gasteiger partial charge on any atom is -0.484 e. The van der Waals surface area contributed by atoms with E-state index in [4.69, 9.17) is 16.2 Å². The van der Waals surface area contributed by atoms with E-state index >= 15 is 0 Å². The summed E-state index contributed by atoms with van der Waals surface area (Å²) in [4.78, 5) is 1.20. The summed E-state index contributed by atoms with van der Waals surface area (Å²) in [6.07, 6.45) is 3.97. The lowest BCUT2D eigenvalue weighted by Crippen LogP contribution is -2.30. The van der Waals surface area contributed by atoms with Crippen molar-refractivity contribution >= 4 is 23.7 Å². The third-order valence-electron chi connectivity index (χ3n) is 3.23. The smallest absolute Gasteiger partial charge is 0.134 e. The Morgan fingerprint density at radius 2 is 2.10 bits per heavy atom. The van der Waals surface area contributed by atoms with Gasteiger partial charge in [0.25, 0.3) is 0 Å². The molecule has 112 valence electrons. The Kier molecular flexibility index (Phi) is 5.66. The Hall–Kier alpha value is -1.98. The van der Waals surface area contributed by atoms with Crippen LogP contribution in [0.3, 0.4) is 0 Å². The quantitative estimate of drug-likeness (QED) is 0.740. The number of hydrogen-bond donors (Lipinski definition) is 3. The van der Waals surface area contributed by atoms with Crippen LogP contribution in [-0.4, -0.2) is 13.6 Å². The van der Waals surface area contributed by atoms with Crippen molar-refractivity contribution < 1.29 is 4.74 Å². The lowest BCUT2D eigenvalue weighted by Gasteiger charge is -2.18. The first-order valence-electron chi connectivity index (χ1n) is 6.87. The molecule has 0 aliphatic carbocycles. The van der Waals surface area contributed by atoms with Crippen LogP contribution in [0.1, 0.15) is 17.4 Å². The van der Waals surface area contributed by atoms with Gasteiger partial charge in [0.2, 0.25) is 0 Å². The molecule has 0 saturated carbocycles. The maximum absolute atomic E-state index is 6.21. The summed E-state index contributed by atoms with van der Waals surface area (Å²) in [6.45, 7) is 0.882. The fraction of sp³-hybridized carbons (Fsp3) is 0.250. The van der Waals surface area contributed by atoms with Crippen LogP contribution in [0, 0.1) is 0 Å². The van der Waals surface area contributed by atoms with Crippen molar-refractivity contribution in [2.24, 2.45) is 11.5 Å². The van der Waals surface area contributed by atoms with E-state index in [1.807, 2.05) is 31.3 Å². The van der Waals surface area contributed by atoms with Crippen LogP contribution in [0.5, 0.6) is 5.75 Å². The van der Waals surface area contributed by atoms with Crippen molar-refractivity contribution in [2.45, 2.75) is 12.5 Å². The minimum atomic E-state index is 0.00387. The molecule has 1 atom stereocenters. The third kappa shape index (κ3) is 3.77. The lowest BCUT2D eigenvalue weighted by atomic mass is 10.2. The Bertz CT molecular complexity index is 667. The van der Waals surface area contributed by atoms with Crippen LogP contribution >= 0.6 is 11.3 Å². The highest BCUT2D eigenvalue weighted by Gasteiger charge is 2.14. The Morgan fingerprint density at radius 1 is 1.24 bits per heavy atom. The summed E-state index contributed by atoms with van der Waals surface area (Å²) in [5.41, 5.74) is 11.4. The number of nitrogens with two attached hydrogens (primary N) is 2. The van der Waals surface area contributed by atoms with Gasteiger partial charge in [-0.3, -0.25) is 0 Å². The highest BCUT2D eigenvalue weighted by Crippen LogP contribution is 2.26. The second-order valence-corrected chi connectivity index (χ2v) is 5.59. The number of nitrogens with one attached hydrogen (secondary N) is 1. The number of ether oxygens (including phenoxy) is 1. The molecule has 0 spiro atoms. The summed E-state index contributed by atoms with van der Waals surface area (Å²) in [5, 5.41) is 6.92. The summed E-state index contributed by atoms with van der Waals surface area (Å²) in [6, 6.07) is 9.89. The summed E-state index contributed by atoms with van der Waals surface area (Å²) >= 11 is 1.70. The van der Waals surface area contributed by atoms with E-state index in [9.17, 15) is 0 Å². The molecule has 1 unspecified atom stereocenters. The Morgan fingerprint density at radius 3 is 2.71 bits per heavy atom. The van der Waals surface area contributed by atoms with Gasteiger partial charge in [0, 0.05) is 34.1 Å².